The van der Waals surface area contributed by atoms with Crippen molar-refractivity contribution in [1.82, 2.24) is 5.32 Å². The topological polar surface area (TPSA) is 21.3 Å². The molecule has 0 bridgehead atoms. The Hall–Kier alpha value is -1.02. The van der Waals surface area contributed by atoms with Crippen molar-refractivity contribution in [3.05, 3.63) is 29.8 Å². The maximum atomic E-state index is 5.85. The Balaban J connectivity index is 2.63. The van der Waals surface area contributed by atoms with Crippen LogP contribution >= 0.6 is 0 Å². The highest BCUT2D eigenvalue weighted by molar-refractivity contribution is 5.30. The Morgan fingerprint density at radius 1 is 1.17 bits per heavy atom. The van der Waals surface area contributed by atoms with Gasteiger partial charge in [-0.05, 0) is 50.4 Å². The average molecular weight is 249 g/mol. The van der Waals surface area contributed by atoms with Crippen LogP contribution in [-0.2, 0) is 0 Å². The first-order valence-electron chi connectivity index (χ1n) is 7.03. The summed E-state index contributed by atoms with van der Waals surface area (Å²) >= 11 is 0. The Kier molecular flexibility index (Phi) is 6.20. The third-order valence-corrected chi connectivity index (χ3v) is 3.10. The summed E-state index contributed by atoms with van der Waals surface area (Å²) in [6, 6.07) is 8.77. The van der Waals surface area contributed by atoms with Crippen LogP contribution in [0.1, 0.15) is 52.6 Å². The van der Waals surface area contributed by atoms with E-state index in [-0.39, 0.29) is 6.10 Å². The van der Waals surface area contributed by atoms with Crippen molar-refractivity contribution in [3.63, 3.8) is 0 Å². The maximum absolute atomic E-state index is 5.85. The van der Waals surface area contributed by atoms with E-state index in [4.69, 9.17) is 4.74 Å². The minimum Gasteiger partial charge on any atom is -0.491 e. The molecular weight excluding hydrogens is 222 g/mol. The van der Waals surface area contributed by atoms with Crippen molar-refractivity contribution < 1.29 is 4.74 Å². The summed E-state index contributed by atoms with van der Waals surface area (Å²) in [5.74, 6) is 1.65. The van der Waals surface area contributed by atoms with Gasteiger partial charge in [-0.3, -0.25) is 0 Å². The van der Waals surface area contributed by atoms with Crippen LogP contribution in [0.4, 0.5) is 0 Å². The molecule has 0 aliphatic carbocycles. The number of hydrogen-bond acceptors (Lipinski definition) is 2. The van der Waals surface area contributed by atoms with Crippen molar-refractivity contribution >= 4 is 0 Å². The van der Waals surface area contributed by atoms with E-state index in [1.807, 2.05) is 6.07 Å². The summed E-state index contributed by atoms with van der Waals surface area (Å²) in [5, 5.41) is 3.54. The molecule has 0 fully saturated rings. The summed E-state index contributed by atoms with van der Waals surface area (Å²) in [7, 11) is 0. The summed E-state index contributed by atoms with van der Waals surface area (Å²) in [6.07, 6.45) is 1.31. The summed E-state index contributed by atoms with van der Waals surface area (Å²) in [5.41, 5.74) is 1.29. The highest BCUT2D eigenvalue weighted by Crippen LogP contribution is 2.20. The molecule has 2 heteroatoms. The van der Waals surface area contributed by atoms with Crippen LogP contribution in [0.2, 0.25) is 0 Å². The Bertz CT molecular complexity index is 349. The van der Waals surface area contributed by atoms with Crippen LogP contribution in [0.5, 0.6) is 5.75 Å². The smallest absolute Gasteiger partial charge is 0.120 e. The van der Waals surface area contributed by atoms with E-state index in [9.17, 15) is 0 Å². The van der Waals surface area contributed by atoms with Crippen LogP contribution in [0, 0.1) is 5.92 Å². The van der Waals surface area contributed by atoms with Gasteiger partial charge >= 0.3 is 0 Å². The van der Waals surface area contributed by atoms with Gasteiger partial charge in [0.1, 0.15) is 5.75 Å². The third kappa shape index (κ3) is 5.09. The second kappa shape index (κ2) is 7.42. The summed E-state index contributed by atoms with van der Waals surface area (Å²) in [6.45, 7) is 11.9. The van der Waals surface area contributed by atoms with E-state index in [0.29, 0.717) is 12.0 Å². The van der Waals surface area contributed by atoms with Gasteiger partial charge in [-0.2, -0.15) is 0 Å². The number of ether oxygens (including phenoxy) is 1. The first kappa shape index (κ1) is 15.0. The number of nitrogens with one attached hydrogen (secondary N) is 1. The van der Waals surface area contributed by atoms with Crippen molar-refractivity contribution in [3.8, 4) is 5.75 Å². The van der Waals surface area contributed by atoms with Crippen LogP contribution in [0.3, 0.4) is 0 Å². The Labute approximate surface area is 112 Å². The van der Waals surface area contributed by atoms with Gasteiger partial charge in [-0.15, -0.1) is 0 Å². The van der Waals surface area contributed by atoms with Crippen molar-refractivity contribution in [2.75, 3.05) is 6.54 Å². The molecule has 0 aliphatic rings. The highest BCUT2D eigenvalue weighted by atomic mass is 16.5. The van der Waals surface area contributed by atoms with Gasteiger partial charge in [0.05, 0.1) is 6.10 Å². The first-order chi connectivity index (χ1) is 8.52. The van der Waals surface area contributed by atoms with Crippen molar-refractivity contribution in [1.29, 1.82) is 0 Å². The molecule has 102 valence electrons. The lowest BCUT2D eigenvalue weighted by Crippen LogP contribution is -2.23. The lowest BCUT2D eigenvalue weighted by atomic mass is 10.1. The molecule has 0 saturated heterocycles. The highest BCUT2D eigenvalue weighted by Gasteiger charge is 2.07. The third-order valence-electron chi connectivity index (χ3n) is 3.10. The van der Waals surface area contributed by atoms with Gasteiger partial charge in [-0.25, -0.2) is 0 Å². The van der Waals surface area contributed by atoms with Crippen LogP contribution in [-0.4, -0.2) is 12.6 Å². The standard InChI is InChI=1S/C16H27NO/c1-6-13(4)18-16-9-7-8-15(10-16)14(5)17-11-12(2)3/h7-10,12-14,17H,6,11H2,1-5H3. The zero-order valence-electron chi connectivity index (χ0n) is 12.4. The van der Waals surface area contributed by atoms with E-state index in [2.05, 4.69) is 58.1 Å². The van der Waals surface area contributed by atoms with Gasteiger partial charge in [0.15, 0.2) is 0 Å². The molecule has 0 spiro atoms. The SMILES string of the molecule is CCC(C)Oc1cccc(C(C)NCC(C)C)c1. The van der Waals surface area contributed by atoms with E-state index in [1.165, 1.54) is 5.56 Å². The van der Waals surface area contributed by atoms with Crippen LogP contribution in [0.25, 0.3) is 0 Å². The minimum atomic E-state index is 0.277. The molecule has 2 nitrogen and oxygen atoms in total. The monoisotopic (exact) mass is 249 g/mol. The molecule has 1 N–H and O–H groups in total. The Morgan fingerprint density at radius 2 is 1.89 bits per heavy atom. The lowest BCUT2D eigenvalue weighted by Gasteiger charge is -2.18. The molecule has 0 amide bonds. The fourth-order valence-corrected chi connectivity index (χ4v) is 1.70. The van der Waals surface area contributed by atoms with E-state index < -0.39 is 0 Å². The first-order valence-corrected chi connectivity index (χ1v) is 7.03. The van der Waals surface area contributed by atoms with Gasteiger partial charge in [0, 0.05) is 6.04 Å². The molecule has 2 unspecified atom stereocenters. The Morgan fingerprint density at radius 3 is 2.50 bits per heavy atom. The van der Waals surface area contributed by atoms with E-state index >= 15 is 0 Å². The molecule has 2 atom stereocenters. The van der Waals surface area contributed by atoms with E-state index in [0.717, 1.165) is 18.7 Å². The molecule has 1 aromatic rings. The molecule has 0 saturated carbocycles. The lowest BCUT2D eigenvalue weighted by molar-refractivity contribution is 0.217. The fourth-order valence-electron chi connectivity index (χ4n) is 1.70. The molecule has 0 radical (unpaired) electrons. The fraction of sp³-hybridized carbons (Fsp3) is 0.625. The number of benzene rings is 1. The normalized spacial score (nSPS) is 14.6. The van der Waals surface area contributed by atoms with E-state index in [1.54, 1.807) is 0 Å². The second-order valence-corrected chi connectivity index (χ2v) is 5.43. The second-order valence-electron chi connectivity index (χ2n) is 5.43. The molecule has 0 aliphatic heterocycles. The maximum Gasteiger partial charge on any atom is 0.120 e. The minimum absolute atomic E-state index is 0.277. The predicted octanol–water partition coefficient (Wildman–Crippen LogP) is 4.17. The van der Waals surface area contributed by atoms with Crippen LogP contribution < -0.4 is 10.1 Å². The van der Waals surface area contributed by atoms with Crippen molar-refractivity contribution in [2.45, 2.75) is 53.2 Å². The zero-order chi connectivity index (χ0) is 13.5. The molecule has 1 aromatic carbocycles. The predicted molar refractivity (Wildman–Crippen MR) is 78.1 cm³/mol. The summed E-state index contributed by atoms with van der Waals surface area (Å²) < 4.78 is 5.85. The number of rotatable bonds is 7. The van der Waals surface area contributed by atoms with Gasteiger partial charge in [0.2, 0.25) is 0 Å². The molecule has 1 rings (SSSR count). The summed E-state index contributed by atoms with van der Waals surface area (Å²) in [4.78, 5) is 0. The van der Waals surface area contributed by atoms with Gasteiger partial charge in [0.25, 0.3) is 0 Å². The zero-order valence-corrected chi connectivity index (χ0v) is 12.4. The number of hydrogen-bond donors (Lipinski definition) is 1. The molecule has 0 aromatic heterocycles. The van der Waals surface area contributed by atoms with Gasteiger partial charge in [-0.1, -0.05) is 32.9 Å². The van der Waals surface area contributed by atoms with Gasteiger partial charge < -0.3 is 10.1 Å². The quantitative estimate of drug-likeness (QED) is 0.783. The largest absolute Gasteiger partial charge is 0.491 e. The van der Waals surface area contributed by atoms with Crippen LogP contribution in [0.15, 0.2) is 24.3 Å². The van der Waals surface area contributed by atoms with Crippen molar-refractivity contribution in [2.24, 2.45) is 5.92 Å². The molecule has 0 heterocycles. The molecular formula is C16H27NO. The molecule has 18 heavy (non-hydrogen) atoms. The average Bonchev–Trinajstić information content (AvgIpc) is 2.36.